The maximum atomic E-state index is 4.91. The van der Waals surface area contributed by atoms with E-state index in [0.29, 0.717) is 6.61 Å². The molecular weight excluding hydrogens is 172 g/mol. The van der Waals surface area contributed by atoms with Crippen LogP contribution in [0, 0.1) is 6.92 Å². The van der Waals surface area contributed by atoms with Crippen molar-refractivity contribution < 1.29 is 4.84 Å². The lowest BCUT2D eigenvalue weighted by Gasteiger charge is -1.94. The summed E-state index contributed by atoms with van der Waals surface area (Å²) in [6, 6.07) is 0. The molecule has 0 amide bonds. The van der Waals surface area contributed by atoms with E-state index < -0.39 is 0 Å². The van der Waals surface area contributed by atoms with E-state index in [4.69, 9.17) is 4.84 Å². The van der Waals surface area contributed by atoms with Gasteiger partial charge in [-0.15, -0.1) is 11.3 Å². The third kappa shape index (κ3) is 2.30. The Labute approximate surface area is 76.1 Å². The van der Waals surface area contributed by atoms with Gasteiger partial charge in [0.2, 0.25) is 0 Å². The number of aromatic nitrogens is 1. The lowest BCUT2D eigenvalue weighted by atomic mass is 10.3. The summed E-state index contributed by atoms with van der Waals surface area (Å²) in [6.07, 6.45) is 0. The van der Waals surface area contributed by atoms with Gasteiger partial charge in [0.1, 0.15) is 12.3 Å². The quantitative estimate of drug-likeness (QED) is 0.533. The lowest BCUT2D eigenvalue weighted by molar-refractivity contribution is 0.159. The van der Waals surface area contributed by atoms with Crippen molar-refractivity contribution in [3.8, 4) is 0 Å². The zero-order valence-electron chi connectivity index (χ0n) is 7.50. The summed E-state index contributed by atoms with van der Waals surface area (Å²) < 4.78 is 0. The van der Waals surface area contributed by atoms with Crippen LogP contribution in [0.25, 0.3) is 0 Å². The highest BCUT2D eigenvalue weighted by Gasteiger charge is 2.01. The van der Waals surface area contributed by atoms with Gasteiger partial charge in [0.05, 0.1) is 10.7 Å². The largest absolute Gasteiger partial charge is 0.396 e. The van der Waals surface area contributed by atoms with Crippen molar-refractivity contribution in [3.05, 3.63) is 16.1 Å². The molecule has 3 nitrogen and oxygen atoms in total. The summed E-state index contributed by atoms with van der Waals surface area (Å²) in [6.45, 7) is 6.37. The van der Waals surface area contributed by atoms with Crippen molar-refractivity contribution in [1.29, 1.82) is 0 Å². The van der Waals surface area contributed by atoms with Gasteiger partial charge in [-0.25, -0.2) is 4.98 Å². The Kier molecular flexibility index (Phi) is 3.22. The standard InChI is InChI=1S/C8H12N2OS/c1-4-11-10-6(2)8-5-12-7(3)9-8/h5H,4H2,1-3H3/b10-6-. The van der Waals surface area contributed by atoms with Crippen molar-refractivity contribution in [2.45, 2.75) is 20.8 Å². The fourth-order valence-electron chi connectivity index (χ4n) is 0.738. The predicted molar refractivity (Wildman–Crippen MR) is 50.7 cm³/mol. The van der Waals surface area contributed by atoms with Crippen LogP contribution in [0.15, 0.2) is 10.5 Å². The molecule has 0 saturated heterocycles. The molecule has 0 aliphatic carbocycles. The van der Waals surface area contributed by atoms with Crippen molar-refractivity contribution >= 4 is 17.0 Å². The van der Waals surface area contributed by atoms with Gasteiger partial charge in [0.25, 0.3) is 0 Å². The van der Waals surface area contributed by atoms with Crippen LogP contribution in [-0.2, 0) is 4.84 Å². The summed E-state index contributed by atoms with van der Waals surface area (Å²) in [4.78, 5) is 9.18. The van der Waals surface area contributed by atoms with Crippen LogP contribution in [0.3, 0.4) is 0 Å². The van der Waals surface area contributed by atoms with Gasteiger partial charge in [-0.05, 0) is 20.8 Å². The number of nitrogens with zero attached hydrogens (tertiary/aromatic N) is 2. The van der Waals surface area contributed by atoms with Crippen LogP contribution in [0.1, 0.15) is 24.5 Å². The fourth-order valence-corrected chi connectivity index (χ4v) is 1.39. The van der Waals surface area contributed by atoms with Gasteiger partial charge < -0.3 is 4.84 Å². The summed E-state index contributed by atoms with van der Waals surface area (Å²) >= 11 is 1.62. The number of hydrogen-bond donors (Lipinski definition) is 0. The SMILES string of the molecule is CCO/N=C(/C)c1csc(C)n1. The maximum Gasteiger partial charge on any atom is 0.114 e. The van der Waals surface area contributed by atoms with Gasteiger partial charge in [-0.3, -0.25) is 0 Å². The molecule has 4 heteroatoms. The Morgan fingerprint density at radius 2 is 2.50 bits per heavy atom. The third-order valence-electron chi connectivity index (χ3n) is 1.32. The summed E-state index contributed by atoms with van der Waals surface area (Å²) in [5.41, 5.74) is 1.74. The second-order valence-electron chi connectivity index (χ2n) is 2.35. The molecule has 0 radical (unpaired) electrons. The van der Waals surface area contributed by atoms with E-state index in [1.165, 1.54) is 0 Å². The molecule has 1 aromatic heterocycles. The van der Waals surface area contributed by atoms with Crippen molar-refractivity contribution in [2.24, 2.45) is 5.16 Å². The molecule has 0 atom stereocenters. The predicted octanol–water partition coefficient (Wildman–Crippen LogP) is 2.21. The number of hydrogen-bond acceptors (Lipinski definition) is 4. The maximum absolute atomic E-state index is 4.91. The first-order valence-electron chi connectivity index (χ1n) is 3.83. The lowest BCUT2D eigenvalue weighted by Crippen LogP contribution is -1.96. The zero-order valence-corrected chi connectivity index (χ0v) is 8.31. The molecule has 0 unspecified atom stereocenters. The molecule has 0 N–H and O–H groups in total. The molecule has 66 valence electrons. The van der Waals surface area contributed by atoms with E-state index in [2.05, 4.69) is 10.1 Å². The van der Waals surface area contributed by atoms with E-state index in [1.807, 2.05) is 26.2 Å². The monoisotopic (exact) mass is 184 g/mol. The Hall–Kier alpha value is -0.900. The fraction of sp³-hybridized carbons (Fsp3) is 0.500. The first kappa shape index (κ1) is 9.19. The van der Waals surface area contributed by atoms with E-state index in [9.17, 15) is 0 Å². The van der Waals surface area contributed by atoms with E-state index in [0.717, 1.165) is 16.4 Å². The van der Waals surface area contributed by atoms with E-state index in [-0.39, 0.29) is 0 Å². The first-order valence-corrected chi connectivity index (χ1v) is 4.71. The molecular formula is C8H12N2OS. The van der Waals surface area contributed by atoms with Gasteiger partial charge in [0, 0.05) is 5.38 Å². The Morgan fingerprint density at radius 3 is 3.00 bits per heavy atom. The summed E-state index contributed by atoms with van der Waals surface area (Å²) in [5, 5.41) is 6.92. The first-order chi connectivity index (χ1) is 5.74. The van der Waals surface area contributed by atoms with Crippen LogP contribution < -0.4 is 0 Å². The highest BCUT2D eigenvalue weighted by Crippen LogP contribution is 2.08. The van der Waals surface area contributed by atoms with Gasteiger partial charge in [-0.1, -0.05) is 5.16 Å². The average molecular weight is 184 g/mol. The molecule has 0 aromatic carbocycles. The van der Waals surface area contributed by atoms with Crippen LogP contribution >= 0.6 is 11.3 Å². The van der Waals surface area contributed by atoms with E-state index in [1.54, 1.807) is 11.3 Å². The van der Waals surface area contributed by atoms with Crippen LogP contribution in [0.5, 0.6) is 0 Å². The number of aryl methyl sites for hydroxylation is 1. The highest BCUT2D eigenvalue weighted by atomic mass is 32.1. The summed E-state index contributed by atoms with van der Waals surface area (Å²) in [7, 11) is 0. The smallest absolute Gasteiger partial charge is 0.114 e. The van der Waals surface area contributed by atoms with Crippen molar-refractivity contribution in [1.82, 2.24) is 4.98 Å². The van der Waals surface area contributed by atoms with Gasteiger partial charge >= 0.3 is 0 Å². The minimum Gasteiger partial charge on any atom is -0.396 e. The number of thiazole rings is 1. The van der Waals surface area contributed by atoms with Crippen molar-refractivity contribution in [2.75, 3.05) is 6.61 Å². The Bertz CT molecular complexity index is 280. The third-order valence-corrected chi connectivity index (χ3v) is 2.09. The van der Waals surface area contributed by atoms with Gasteiger partial charge in [0.15, 0.2) is 0 Å². The molecule has 12 heavy (non-hydrogen) atoms. The van der Waals surface area contributed by atoms with Crippen molar-refractivity contribution in [3.63, 3.8) is 0 Å². The molecule has 0 saturated carbocycles. The molecule has 1 aromatic rings. The average Bonchev–Trinajstić information content (AvgIpc) is 2.47. The summed E-state index contributed by atoms with van der Waals surface area (Å²) in [5.74, 6) is 0. The highest BCUT2D eigenvalue weighted by molar-refractivity contribution is 7.09. The zero-order chi connectivity index (χ0) is 8.97. The second-order valence-corrected chi connectivity index (χ2v) is 3.41. The topological polar surface area (TPSA) is 34.5 Å². The molecule has 0 fully saturated rings. The molecule has 1 rings (SSSR count). The normalized spacial score (nSPS) is 11.8. The minimum absolute atomic E-state index is 0.598. The molecule has 0 aliphatic heterocycles. The second kappa shape index (κ2) is 4.21. The Morgan fingerprint density at radius 1 is 1.75 bits per heavy atom. The number of rotatable bonds is 3. The molecule has 0 spiro atoms. The molecule has 0 aliphatic rings. The Balaban J connectivity index is 2.70. The molecule has 1 heterocycles. The number of oxime groups is 1. The van der Waals surface area contributed by atoms with Crippen LogP contribution in [0.4, 0.5) is 0 Å². The van der Waals surface area contributed by atoms with Gasteiger partial charge in [-0.2, -0.15) is 0 Å². The molecule has 0 bridgehead atoms. The minimum atomic E-state index is 0.598. The van der Waals surface area contributed by atoms with Crippen LogP contribution in [-0.4, -0.2) is 17.3 Å². The van der Waals surface area contributed by atoms with Crippen LogP contribution in [0.2, 0.25) is 0 Å². The van der Waals surface area contributed by atoms with E-state index >= 15 is 0 Å².